The summed E-state index contributed by atoms with van der Waals surface area (Å²) in [6.45, 7) is 2.13. The molecule has 0 amide bonds. The maximum Gasteiger partial charge on any atom is 0.654 e. The summed E-state index contributed by atoms with van der Waals surface area (Å²) in [5, 5.41) is 27.6. The largest absolute Gasteiger partial charge is 0.654 e. The van der Waals surface area contributed by atoms with Crippen LogP contribution in [-0.2, 0) is 32.5 Å². The van der Waals surface area contributed by atoms with Crippen LogP contribution in [0.25, 0.3) is 0 Å². The SMILES string of the molecule is CC(N)(O)C(=O)OP(=O)(OC(=O)C(C)(N)O)OC(=O)C(C)(N)O. The van der Waals surface area contributed by atoms with Gasteiger partial charge in [-0.2, -0.15) is 4.57 Å². The van der Waals surface area contributed by atoms with Crippen molar-refractivity contribution in [3.63, 3.8) is 0 Å². The highest BCUT2D eigenvalue weighted by molar-refractivity contribution is 7.50. The van der Waals surface area contributed by atoms with Crippen molar-refractivity contribution in [2.24, 2.45) is 17.2 Å². The molecule has 3 atom stereocenters. The van der Waals surface area contributed by atoms with Gasteiger partial charge >= 0.3 is 25.7 Å². The van der Waals surface area contributed by atoms with Gasteiger partial charge in [0.2, 0.25) is 17.2 Å². The Kier molecular flexibility index (Phi) is 6.04. The zero-order chi connectivity index (χ0) is 18.9. The topological polar surface area (TPSA) is 235 Å². The van der Waals surface area contributed by atoms with E-state index in [4.69, 9.17) is 17.2 Å². The number of hydrogen-bond acceptors (Lipinski definition) is 13. The van der Waals surface area contributed by atoms with E-state index in [0.29, 0.717) is 20.8 Å². The number of carbonyl (C=O) groups excluding carboxylic acids is 3. The van der Waals surface area contributed by atoms with E-state index in [1.807, 2.05) is 0 Å². The van der Waals surface area contributed by atoms with Gasteiger partial charge in [-0.15, -0.1) is 0 Å². The maximum atomic E-state index is 12.2. The van der Waals surface area contributed by atoms with Crippen molar-refractivity contribution in [1.29, 1.82) is 0 Å². The van der Waals surface area contributed by atoms with Crippen LogP contribution in [0.5, 0.6) is 0 Å². The Morgan fingerprint density at radius 1 is 0.739 bits per heavy atom. The van der Waals surface area contributed by atoms with Gasteiger partial charge in [-0.05, 0) is 20.8 Å². The lowest BCUT2D eigenvalue weighted by Crippen LogP contribution is -2.48. The van der Waals surface area contributed by atoms with Crippen LogP contribution in [0, 0.1) is 0 Å². The van der Waals surface area contributed by atoms with Gasteiger partial charge in [-0.1, -0.05) is 0 Å². The molecule has 0 rings (SSSR count). The second-order valence-corrected chi connectivity index (χ2v) is 6.47. The summed E-state index contributed by atoms with van der Waals surface area (Å²) in [6.07, 6.45) is 0. The minimum absolute atomic E-state index is 0.710. The lowest BCUT2D eigenvalue weighted by atomic mass is 10.3. The zero-order valence-corrected chi connectivity index (χ0v) is 13.3. The highest BCUT2D eigenvalue weighted by Gasteiger charge is 2.48. The van der Waals surface area contributed by atoms with Gasteiger partial charge in [0.15, 0.2) is 0 Å². The molecule has 23 heavy (non-hydrogen) atoms. The standard InChI is InChI=1S/C9H18N3O10P/c1-7(10,16)4(13)20-23(19,21-5(14)8(2,11)17)22-6(15)9(3,12)18/h16-18H,10-12H2,1-3H3. The van der Waals surface area contributed by atoms with E-state index in [0.717, 1.165) is 0 Å². The molecule has 3 unspecified atom stereocenters. The Balaban J connectivity index is 5.54. The van der Waals surface area contributed by atoms with Gasteiger partial charge in [-0.25, -0.2) is 14.4 Å². The minimum atomic E-state index is -5.45. The molecule has 0 bridgehead atoms. The summed E-state index contributed by atoms with van der Waals surface area (Å²) in [5.74, 6) is -5.47. The minimum Gasteiger partial charge on any atom is -0.366 e. The molecule has 0 radical (unpaired) electrons. The predicted molar refractivity (Wildman–Crippen MR) is 70.3 cm³/mol. The van der Waals surface area contributed by atoms with E-state index in [2.05, 4.69) is 13.6 Å². The Hall–Kier alpha value is -1.60. The van der Waals surface area contributed by atoms with Crippen LogP contribution in [0.4, 0.5) is 0 Å². The third-order valence-corrected chi connectivity index (χ3v) is 2.99. The summed E-state index contributed by atoms with van der Waals surface area (Å²) in [6, 6.07) is 0. The van der Waals surface area contributed by atoms with Crippen LogP contribution in [-0.4, -0.2) is 50.4 Å². The average Bonchev–Trinajstić information content (AvgIpc) is 2.23. The van der Waals surface area contributed by atoms with Gasteiger partial charge in [0, 0.05) is 0 Å². The molecule has 9 N–H and O–H groups in total. The third kappa shape index (κ3) is 7.00. The molecule has 0 aliphatic heterocycles. The maximum absolute atomic E-state index is 12.2. The van der Waals surface area contributed by atoms with Crippen LogP contribution in [0.15, 0.2) is 0 Å². The molecule has 0 aromatic carbocycles. The molecule has 0 saturated heterocycles. The number of nitrogens with two attached hydrogens (primary N) is 3. The van der Waals surface area contributed by atoms with Gasteiger partial charge in [0.1, 0.15) is 0 Å². The second-order valence-electron chi connectivity index (χ2n) is 5.03. The number of rotatable bonds is 6. The molecule has 134 valence electrons. The first-order chi connectivity index (χ1) is 9.88. The van der Waals surface area contributed by atoms with Crippen molar-refractivity contribution < 1.29 is 47.8 Å². The summed E-state index contributed by atoms with van der Waals surface area (Å²) in [5.41, 5.74) is 6.74. The Labute approximate surface area is 129 Å². The van der Waals surface area contributed by atoms with Gasteiger partial charge in [-0.3, -0.25) is 17.2 Å². The highest BCUT2D eigenvalue weighted by Crippen LogP contribution is 2.51. The van der Waals surface area contributed by atoms with E-state index in [1.54, 1.807) is 0 Å². The Morgan fingerprint density at radius 2 is 0.913 bits per heavy atom. The van der Waals surface area contributed by atoms with Crippen LogP contribution in [0.1, 0.15) is 20.8 Å². The van der Waals surface area contributed by atoms with E-state index < -0.39 is 42.9 Å². The smallest absolute Gasteiger partial charge is 0.366 e. The number of carbonyl (C=O) groups is 3. The van der Waals surface area contributed by atoms with Crippen molar-refractivity contribution in [1.82, 2.24) is 0 Å². The Bertz CT molecular complexity index is 465. The van der Waals surface area contributed by atoms with Crippen molar-refractivity contribution in [3.8, 4) is 0 Å². The van der Waals surface area contributed by atoms with Crippen LogP contribution in [0.3, 0.4) is 0 Å². The fraction of sp³-hybridized carbons (Fsp3) is 0.667. The molecule has 0 aromatic rings. The number of phosphoric acid groups is 1. The van der Waals surface area contributed by atoms with E-state index in [9.17, 15) is 34.3 Å². The summed E-state index contributed by atoms with van der Waals surface area (Å²) in [7, 11) is -5.45. The quantitative estimate of drug-likeness (QED) is 0.202. The second kappa shape index (κ2) is 6.49. The molecular weight excluding hydrogens is 341 g/mol. The van der Waals surface area contributed by atoms with Crippen molar-refractivity contribution in [2.75, 3.05) is 0 Å². The molecule has 0 fully saturated rings. The molecule has 0 aromatic heterocycles. The summed E-state index contributed by atoms with van der Waals surface area (Å²) < 4.78 is 24.3. The molecule has 13 nitrogen and oxygen atoms in total. The molecule has 0 heterocycles. The molecule has 14 heteroatoms. The number of hydrogen-bond donors (Lipinski definition) is 6. The van der Waals surface area contributed by atoms with Gasteiger partial charge in [0.25, 0.3) is 0 Å². The van der Waals surface area contributed by atoms with E-state index in [1.165, 1.54) is 0 Å². The highest BCUT2D eigenvalue weighted by atomic mass is 31.2. The summed E-state index contributed by atoms with van der Waals surface area (Å²) in [4.78, 5) is 34.2. The van der Waals surface area contributed by atoms with Gasteiger partial charge in [0.05, 0.1) is 0 Å². The molecule has 0 saturated carbocycles. The van der Waals surface area contributed by atoms with Crippen molar-refractivity contribution >= 4 is 25.7 Å². The Morgan fingerprint density at radius 3 is 1.04 bits per heavy atom. The number of aliphatic hydroxyl groups is 3. The number of phosphoric ester groups is 1. The molecule has 0 spiro atoms. The van der Waals surface area contributed by atoms with Crippen LogP contribution < -0.4 is 17.2 Å². The van der Waals surface area contributed by atoms with Crippen LogP contribution in [0.2, 0.25) is 0 Å². The zero-order valence-electron chi connectivity index (χ0n) is 12.4. The predicted octanol–water partition coefficient (Wildman–Crippen LogP) is -3.27. The molecule has 0 aliphatic rings. The van der Waals surface area contributed by atoms with E-state index >= 15 is 0 Å². The lowest BCUT2D eigenvalue weighted by Gasteiger charge is -2.24. The fourth-order valence-corrected chi connectivity index (χ4v) is 1.91. The average molecular weight is 359 g/mol. The van der Waals surface area contributed by atoms with Gasteiger partial charge < -0.3 is 28.9 Å². The first-order valence-corrected chi connectivity index (χ1v) is 7.20. The van der Waals surface area contributed by atoms with Crippen molar-refractivity contribution in [3.05, 3.63) is 0 Å². The lowest BCUT2D eigenvalue weighted by molar-refractivity contribution is -0.165. The first-order valence-electron chi connectivity index (χ1n) is 5.74. The normalized spacial score (nSPS) is 21.6. The monoisotopic (exact) mass is 359 g/mol. The first kappa shape index (κ1) is 21.4. The van der Waals surface area contributed by atoms with Crippen LogP contribution >= 0.6 is 7.82 Å². The molecule has 0 aliphatic carbocycles. The van der Waals surface area contributed by atoms with Crippen molar-refractivity contribution in [2.45, 2.75) is 37.9 Å². The summed E-state index contributed by atoms with van der Waals surface area (Å²) >= 11 is 0. The fourth-order valence-electron chi connectivity index (χ4n) is 0.638. The third-order valence-electron chi connectivity index (χ3n) is 1.82. The van der Waals surface area contributed by atoms with E-state index in [-0.39, 0.29) is 0 Å². The molecular formula is C9H18N3O10P.